The first-order chi connectivity index (χ1) is 12.8. The van der Waals surface area contributed by atoms with Gasteiger partial charge in [0, 0.05) is 32.1 Å². The van der Waals surface area contributed by atoms with Crippen LogP contribution in [-0.4, -0.2) is 24.7 Å². The number of rotatable bonds is 5. The van der Waals surface area contributed by atoms with E-state index in [9.17, 15) is 14.4 Å². The highest BCUT2D eigenvalue weighted by Crippen LogP contribution is 2.27. The third kappa shape index (κ3) is 3.77. The zero-order valence-electron chi connectivity index (χ0n) is 14.6. The maximum absolute atomic E-state index is 12.4. The van der Waals surface area contributed by atoms with Crippen molar-refractivity contribution >= 4 is 40.3 Å². The Balaban J connectivity index is 1.70. The van der Waals surface area contributed by atoms with Crippen LogP contribution in [0.1, 0.15) is 12.8 Å². The van der Waals surface area contributed by atoms with Crippen molar-refractivity contribution in [1.82, 2.24) is 18.7 Å². The van der Waals surface area contributed by atoms with Gasteiger partial charge in [0.1, 0.15) is 5.75 Å². The molecule has 0 saturated heterocycles. The molecule has 3 aromatic rings. The highest BCUT2D eigenvalue weighted by molar-refractivity contribution is 6.35. The fraction of sp³-hybridized carbons (Fsp3) is 0.294. The van der Waals surface area contributed by atoms with Crippen molar-refractivity contribution in [1.29, 1.82) is 0 Å². The molecule has 142 valence electrons. The van der Waals surface area contributed by atoms with E-state index < -0.39 is 17.2 Å². The largest absolute Gasteiger partial charge is 0.425 e. The summed E-state index contributed by atoms with van der Waals surface area (Å²) in [5.74, 6) is -0.216. The Morgan fingerprint density at radius 2 is 1.93 bits per heavy atom. The molecule has 0 radical (unpaired) electrons. The zero-order chi connectivity index (χ0) is 19.7. The molecule has 1 aromatic carbocycles. The summed E-state index contributed by atoms with van der Waals surface area (Å²) < 4.78 is 9.18. The van der Waals surface area contributed by atoms with Crippen LogP contribution >= 0.6 is 23.2 Å². The second-order valence-corrected chi connectivity index (χ2v) is 6.81. The first-order valence-corrected chi connectivity index (χ1v) is 8.81. The average molecular weight is 411 g/mol. The van der Waals surface area contributed by atoms with Crippen LogP contribution in [0.5, 0.6) is 5.75 Å². The second kappa shape index (κ2) is 7.58. The molecule has 0 aliphatic carbocycles. The van der Waals surface area contributed by atoms with Crippen LogP contribution in [0.15, 0.2) is 34.1 Å². The minimum Gasteiger partial charge on any atom is -0.425 e. The summed E-state index contributed by atoms with van der Waals surface area (Å²) in [6, 6.07) is 4.59. The molecule has 8 nitrogen and oxygen atoms in total. The molecular weight excluding hydrogens is 395 g/mol. The molecule has 0 atom stereocenters. The molecule has 2 aromatic heterocycles. The molecule has 0 aliphatic rings. The number of carbonyl (C=O) groups is 1. The van der Waals surface area contributed by atoms with Crippen molar-refractivity contribution in [3.8, 4) is 5.75 Å². The van der Waals surface area contributed by atoms with Crippen molar-refractivity contribution in [2.45, 2.75) is 19.4 Å². The van der Waals surface area contributed by atoms with Gasteiger partial charge in [-0.3, -0.25) is 18.7 Å². The minimum absolute atomic E-state index is 0.116. The summed E-state index contributed by atoms with van der Waals surface area (Å²) in [5.41, 5.74) is -0.255. The number of halogens is 2. The van der Waals surface area contributed by atoms with Crippen LogP contribution in [0.2, 0.25) is 10.0 Å². The van der Waals surface area contributed by atoms with Gasteiger partial charge in [0.25, 0.3) is 5.56 Å². The van der Waals surface area contributed by atoms with Gasteiger partial charge in [-0.05, 0) is 24.6 Å². The lowest BCUT2D eigenvalue weighted by Gasteiger charge is -2.08. The smallest absolute Gasteiger partial charge is 0.332 e. The highest BCUT2D eigenvalue weighted by Gasteiger charge is 2.15. The van der Waals surface area contributed by atoms with E-state index in [1.165, 1.54) is 30.1 Å². The van der Waals surface area contributed by atoms with Crippen LogP contribution in [0.4, 0.5) is 0 Å². The van der Waals surface area contributed by atoms with Crippen LogP contribution < -0.4 is 16.0 Å². The van der Waals surface area contributed by atoms with E-state index >= 15 is 0 Å². The van der Waals surface area contributed by atoms with Crippen LogP contribution in [-0.2, 0) is 25.4 Å². The lowest BCUT2D eigenvalue weighted by molar-refractivity contribution is -0.134. The van der Waals surface area contributed by atoms with E-state index in [1.807, 2.05) is 0 Å². The van der Waals surface area contributed by atoms with E-state index in [2.05, 4.69) is 4.98 Å². The quantitative estimate of drug-likeness (QED) is 0.474. The summed E-state index contributed by atoms with van der Waals surface area (Å²) >= 11 is 11.8. The first kappa shape index (κ1) is 19.2. The van der Waals surface area contributed by atoms with Gasteiger partial charge in [0.2, 0.25) is 0 Å². The van der Waals surface area contributed by atoms with Gasteiger partial charge < -0.3 is 9.30 Å². The lowest BCUT2D eigenvalue weighted by Crippen LogP contribution is -2.37. The predicted octanol–water partition coefficient (Wildman–Crippen LogP) is 2.13. The summed E-state index contributed by atoms with van der Waals surface area (Å²) in [7, 11) is 2.96. The van der Waals surface area contributed by atoms with E-state index in [1.54, 1.807) is 17.7 Å². The van der Waals surface area contributed by atoms with Crippen LogP contribution in [0.25, 0.3) is 11.2 Å². The van der Waals surface area contributed by atoms with E-state index in [0.29, 0.717) is 29.2 Å². The molecule has 3 rings (SSSR count). The maximum atomic E-state index is 12.4. The average Bonchev–Trinajstić information content (AvgIpc) is 3.04. The number of fused-ring (bicyclic) bond motifs is 1. The van der Waals surface area contributed by atoms with Gasteiger partial charge in [-0.2, -0.15) is 0 Å². The summed E-state index contributed by atoms with van der Waals surface area (Å²) in [6.07, 6.45) is 2.01. The van der Waals surface area contributed by atoms with Gasteiger partial charge in [0.15, 0.2) is 11.2 Å². The molecule has 0 fully saturated rings. The first-order valence-electron chi connectivity index (χ1n) is 8.06. The van der Waals surface area contributed by atoms with Gasteiger partial charge in [-0.1, -0.05) is 23.2 Å². The molecule has 27 heavy (non-hydrogen) atoms. The monoisotopic (exact) mass is 410 g/mol. The number of imidazole rings is 1. The Morgan fingerprint density at radius 3 is 2.63 bits per heavy atom. The third-order valence-corrected chi connectivity index (χ3v) is 4.65. The summed E-state index contributed by atoms with van der Waals surface area (Å²) in [6.45, 7) is 0.368. The number of aryl methyl sites for hydroxylation is 2. The Hall–Kier alpha value is -2.58. The van der Waals surface area contributed by atoms with Gasteiger partial charge in [0.05, 0.1) is 11.3 Å². The number of carbonyl (C=O) groups excluding carboxylic acids is 1. The zero-order valence-corrected chi connectivity index (χ0v) is 16.1. The number of hydrogen-bond acceptors (Lipinski definition) is 5. The van der Waals surface area contributed by atoms with Crippen molar-refractivity contribution < 1.29 is 9.53 Å². The number of ether oxygens (including phenoxy) is 1. The van der Waals surface area contributed by atoms with Crippen LogP contribution in [0, 0.1) is 0 Å². The lowest BCUT2D eigenvalue weighted by atomic mass is 10.3. The normalized spacial score (nSPS) is 11.1. The van der Waals surface area contributed by atoms with Crippen molar-refractivity contribution in [3.05, 3.63) is 55.4 Å². The summed E-state index contributed by atoms with van der Waals surface area (Å²) in [5, 5.41) is 0.698. The number of hydrogen-bond donors (Lipinski definition) is 0. The van der Waals surface area contributed by atoms with E-state index in [0.717, 1.165) is 4.57 Å². The Morgan fingerprint density at radius 1 is 1.19 bits per heavy atom. The van der Waals surface area contributed by atoms with Gasteiger partial charge in [-0.15, -0.1) is 0 Å². The molecule has 10 heteroatoms. The van der Waals surface area contributed by atoms with E-state index in [4.69, 9.17) is 27.9 Å². The number of nitrogens with zero attached hydrogens (tertiary/aromatic N) is 4. The van der Waals surface area contributed by atoms with Gasteiger partial charge >= 0.3 is 11.7 Å². The summed E-state index contributed by atoms with van der Waals surface area (Å²) in [4.78, 5) is 40.4. The number of benzene rings is 1. The molecular formula is C17H16Cl2N4O4. The fourth-order valence-electron chi connectivity index (χ4n) is 2.69. The standard InChI is InChI=1S/C17H16Cl2N4O4/c1-21-15-14(16(25)22(2)17(21)26)23(9-20-15)7-3-4-13(24)27-12-6-5-10(18)8-11(12)19/h5-6,8-9H,3-4,7H2,1-2H3. The van der Waals surface area contributed by atoms with Crippen LogP contribution in [0.3, 0.4) is 0 Å². The topological polar surface area (TPSA) is 88.1 Å². The molecule has 0 unspecified atom stereocenters. The number of aromatic nitrogens is 4. The van der Waals surface area contributed by atoms with Crippen molar-refractivity contribution in [2.24, 2.45) is 14.1 Å². The SMILES string of the molecule is Cn1c(=O)c2c(ncn2CCCC(=O)Oc2ccc(Cl)cc2Cl)n(C)c1=O. The molecule has 0 saturated carbocycles. The van der Waals surface area contributed by atoms with Gasteiger partial charge in [-0.25, -0.2) is 9.78 Å². The molecule has 0 aliphatic heterocycles. The van der Waals surface area contributed by atoms with Crippen molar-refractivity contribution in [3.63, 3.8) is 0 Å². The highest BCUT2D eigenvalue weighted by atomic mass is 35.5. The molecule has 0 bridgehead atoms. The molecule has 0 N–H and O–H groups in total. The Labute approximate surface area is 163 Å². The molecule has 0 spiro atoms. The van der Waals surface area contributed by atoms with E-state index in [-0.39, 0.29) is 17.2 Å². The Kier molecular flexibility index (Phi) is 5.38. The van der Waals surface area contributed by atoms with Crippen molar-refractivity contribution in [2.75, 3.05) is 0 Å². The third-order valence-electron chi connectivity index (χ3n) is 4.11. The molecule has 0 amide bonds. The predicted molar refractivity (Wildman–Crippen MR) is 102 cm³/mol. The second-order valence-electron chi connectivity index (χ2n) is 5.97. The fourth-order valence-corrected chi connectivity index (χ4v) is 3.14. The Bertz CT molecular complexity index is 1150. The number of esters is 1. The maximum Gasteiger partial charge on any atom is 0.332 e. The minimum atomic E-state index is -0.455. The molecule has 2 heterocycles.